The van der Waals surface area contributed by atoms with Crippen LogP contribution in [0.25, 0.3) is 5.57 Å². The van der Waals surface area contributed by atoms with Gasteiger partial charge in [0.15, 0.2) is 11.6 Å². The minimum absolute atomic E-state index is 0.0228. The molecule has 0 aromatic carbocycles. The van der Waals surface area contributed by atoms with Gasteiger partial charge in [-0.05, 0) is 17.7 Å². The SMILES string of the molecule is C=C(/C=C\C(Cl)=C/N)c1cnc(NN)c(F)c1. The van der Waals surface area contributed by atoms with E-state index < -0.39 is 5.82 Å². The molecule has 0 unspecified atom stereocenters. The summed E-state index contributed by atoms with van der Waals surface area (Å²) in [4.78, 5) is 3.79. The number of pyridine rings is 1. The van der Waals surface area contributed by atoms with Crippen LogP contribution in [0.5, 0.6) is 0 Å². The number of nitrogens with two attached hydrogens (primary N) is 2. The minimum Gasteiger partial charge on any atom is -0.403 e. The van der Waals surface area contributed by atoms with E-state index in [0.717, 1.165) is 0 Å². The number of allylic oxidation sites excluding steroid dienone is 4. The van der Waals surface area contributed by atoms with Crippen LogP contribution in [-0.4, -0.2) is 4.98 Å². The number of nitrogens with zero attached hydrogens (tertiary/aromatic N) is 1. The summed E-state index contributed by atoms with van der Waals surface area (Å²) in [5, 5.41) is 0.361. The van der Waals surface area contributed by atoms with Crippen LogP contribution in [0.2, 0.25) is 0 Å². The number of hydrogen-bond acceptors (Lipinski definition) is 4. The van der Waals surface area contributed by atoms with Crippen molar-refractivity contribution in [2.75, 3.05) is 5.43 Å². The second-order valence-corrected chi connectivity index (χ2v) is 3.55. The largest absolute Gasteiger partial charge is 0.403 e. The van der Waals surface area contributed by atoms with Crippen LogP contribution in [0.3, 0.4) is 0 Å². The first-order valence-electron chi connectivity index (χ1n) is 4.65. The molecule has 0 saturated heterocycles. The Balaban J connectivity index is 2.91. The van der Waals surface area contributed by atoms with E-state index in [2.05, 4.69) is 17.0 Å². The van der Waals surface area contributed by atoms with Crippen molar-refractivity contribution in [2.45, 2.75) is 0 Å². The molecule has 0 saturated carbocycles. The zero-order valence-corrected chi connectivity index (χ0v) is 9.71. The molecule has 1 rings (SSSR count). The molecule has 4 nitrogen and oxygen atoms in total. The standard InChI is InChI=1S/C11H12ClFN4/c1-7(2-3-9(12)5-14)8-4-10(13)11(17-15)16-6-8/h2-6H,1,14-15H2,(H,16,17)/b3-2-,9-5+. The summed E-state index contributed by atoms with van der Waals surface area (Å²) < 4.78 is 13.3. The number of aromatic nitrogens is 1. The van der Waals surface area contributed by atoms with Gasteiger partial charge in [-0.15, -0.1) is 0 Å². The van der Waals surface area contributed by atoms with Crippen molar-refractivity contribution >= 4 is 23.0 Å². The molecule has 0 aliphatic rings. The van der Waals surface area contributed by atoms with E-state index in [0.29, 0.717) is 16.2 Å². The van der Waals surface area contributed by atoms with Crippen molar-refractivity contribution in [3.05, 3.63) is 53.6 Å². The van der Waals surface area contributed by atoms with E-state index in [9.17, 15) is 4.39 Å². The molecule has 1 aromatic rings. The number of nitrogens with one attached hydrogen (secondary N) is 1. The van der Waals surface area contributed by atoms with Crippen molar-refractivity contribution in [3.63, 3.8) is 0 Å². The molecule has 6 heteroatoms. The van der Waals surface area contributed by atoms with Crippen molar-refractivity contribution in [1.82, 2.24) is 4.98 Å². The van der Waals surface area contributed by atoms with Gasteiger partial charge in [0.05, 0.1) is 5.03 Å². The summed E-state index contributed by atoms with van der Waals surface area (Å²) in [7, 11) is 0. The van der Waals surface area contributed by atoms with Crippen molar-refractivity contribution < 1.29 is 4.39 Å². The lowest BCUT2D eigenvalue weighted by Crippen LogP contribution is -2.10. The zero-order chi connectivity index (χ0) is 12.8. The molecule has 0 aliphatic heterocycles. The van der Waals surface area contributed by atoms with Crippen LogP contribution in [0, 0.1) is 5.82 Å². The molecule has 1 aromatic heterocycles. The fourth-order valence-corrected chi connectivity index (χ4v) is 1.11. The van der Waals surface area contributed by atoms with Gasteiger partial charge in [0, 0.05) is 18.0 Å². The van der Waals surface area contributed by atoms with Crippen LogP contribution in [0.4, 0.5) is 10.2 Å². The van der Waals surface area contributed by atoms with Crippen LogP contribution in [-0.2, 0) is 0 Å². The summed E-state index contributed by atoms with van der Waals surface area (Å²) >= 11 is 5.67. The predicted octanol–water partition coefficient (Wildman–Crippen LogP) is 2.11. The van der Waals surface area contributed by atoms with E-state index in [1.54, 1.807) is 12.2 Å². The minimum atomic E-state index is -0.556. The third-order valence-corrected chi connectivity index (χ3v) is 2.20. The second-order valence-electron chi connectivity index (χ2n) is 3.11. The van der Waals surface area contributed by atoms with Gasteiger partial charge in [0.1, 0.15) is 0 Å². The summed E-state index contributed by atoms with van der Waals surface area (Å²) in [6.45, 7) is 3.76. The highest BCUT2D eigenvalue weighted by atomic mass is 35.5. The molecule has 0 fully saturated rings. The Kier molecular flexibility index (Phi) is 4.68. The van der Waals surface area contributed by atoms with Gasteiger partial charge in [-0.25, -0.2) is 15.2 Å². The van der Waals surface area contributed by atoms with Gasteiger partial charge in [0.25, 0.3) is 0 Å². The maximum absolute atomic E-state index is 13.3. The summed E-state index contributed by atoms with van der Waals surface area (Å²) in [5.41, 5.74) is 8.41. The molecule has 1 heterocycles. The number of hydrogen-bond donors (Lipinski definition) is 3. The molecule has 0 amide bonds. The first-order valence-corrected chi connectivity index (χ1v) is 5.03. The van der Waals surface area contributed by atoms with Crippen LogP contribution >= 0.6 is 11.6 Å². The van der Waals surface area contributed by atoms with Crippen LogP contribution < -0.4 is 17.0 Å². The van der Waals surface area contributed by atoms with Gasteiger partial charge >= 0.3 is 0 Å². The Morgan fingerprint density at radius 1 is 1.53 bits per heavy atom. The number of anilines is 1. The van der Waals surface area contributed by atoms with Crippen molar-refractivity contribution in [3.8, 4) is 0 Å². The third-order valence-electron chi connectivity index (χ3n) is 1.95. The van der Waals surface area contributed by atoms with Crippen LogP contribution in [0.15, 0.2) is 42.2 Å². The maximum atomic E-state index is 13.3. The summed E-state index contributed by atoms with van der Waals surface area (Å²) in [6, 6.07) is 1.27. The van der Waals surface area contributed by atoms with Crippen molar-refractivity contribution in [1.29, 1.82) is 0 Å². The zero-order valence-electron chi connectivity index (χ0n) is 8.95. The Bertz CT molecular complexity index is 482. The highest BCUT2D eigenvalue weighted by molar-refractivity contribution is 6.31. The lowest BCUT2D eigenvalue weighted by atomic mass is 10.1. The van der Waals surface area contributed by atoms with E-state index in [1.165, 1.54) is 18.5 Å². The van der Waals surface area contributed by atoms with E-state index >= 15 is 0 Å². The topological polar surface area (TPSA) is 77.0 Å². The molecule has 0 bridgehead atoms. The highest BCUT2D eigenvalue weighted by Crippen LogP contribution is 2.18. The highest BCUT2D eigenvalue weighted by Gasteiger charge is 2.04. The molecule has 0 radical (unpaired) electrons. The fraction of sp³-hybridized carbons (Fsp3) is 0. The van der Waals surface area contributed by atoms with Crippen molar-refractivity contribution in [2.24, 2.45) is 11.6 Å². The number of halogens is 2. The quantitative estimate of drug-likeness (QED) is 0.437. The Hall–Kier alpha value is -1.85. The monoisotopic (exact) mass is 254 g/mol. The van der Waals surface area contributed by atoms with Gasteiger partial charge in [-0.2, -0.15) is 0 Å². The van der Waals surface area contributed by atoms with E-state index in [-0.39, 0.29) is 5.82 Å². The predicted molar refractivity (Wildman–Crippen MR) is 68.3 cm³/mol. The molecular weight excluding hydrogens is 243 g/mol. The van der Waals surface area contributed by atoms with E-state index in [4.69, 9.17) is 23.2 Å². The molecule has 0 atom stereocenters. The van der Waals surface area contributed by atoms with Gasteiger partial charge in [-0.3, -0.25) is 0 Å². The lowest BCUT2D eigenvalue weighted by molar-refractivity contribution is 0.624. The Morgan fingerprint density at radius 2 is 2.24 bits per heavy atom. The Morgan fingerprint density at radius 3 is 2.76 bits per heavy atom. The molecule has 5 N–H and O–H groups in total. The van der Waals surface area contributed by atoms with Gasteiger partial charge < -0.3 is 11.2 Å². The van der Waals surface area contributed by atoms with E-state index in [1.807, 2.05) is 0 Å². The third kappa shape index (κ3) is 3.58. The van der Waals surface area contributed by atoms with Gasteiger partial charge in [0.2, 0.25) is 0 Å². The number of nitrogen functional groups attached to an aromatic ring is 1. The summed E-state index contributed by atoms with van der Waals surface area (Å²) in [5.74, 6) is 4.49. The van der Waals surface area contributed by atoms with Crippen LogP contribution in [0.1, 0.15) is 5.56 Å². The first kappa shape index (κ1) is 13.2. The Labute approximate surface area is 103 Å². The molecule has 0 spiro atoms. The smallest absolute Gasteiger partial charge is 0.176 e. The maximum Gasteiger partial charge on any atom is 0.176 e. The molecule has 90 valence electrons. The summed E-state index contributed by atoms with van der Waals surface area (Å²) in [6.07, 6.45) is 5.85. The number of rotatable bonds is 4. The average Bonchev–Trinajstić information content (AvgIpc) is 2.35. The normalized spacial score (nSPS) is 11.8. The number of hydrazine groups is 1. The lowest BCUT2D eigenvalue weighted by Gasteiger charge is -2.04. The molecular formula is C11H12ClFN4. The van der Waals surface area contributed by atoms with Gasteiger partial charge in [-0.1, -0.05) is 24.3 Å². The average molecular weight is 255 g/mol. The molecule has 17 heavy (non-hydrogen) atoms. The second kappa shape index (κ2) is 6.03. The fourth-order valence-electron chi connectivity index (χ4n) is 1.05. The molecule has 0 aliphatic carbocycles. The first-order chi connectivity index (χ1) is 8.08.